The summed E-state index contributed by atoms with van der Waals surface area (Å²) < 4.78 is 12.0. The summed E-state index contributed by atoms with van der Waals surface area (Å²) in [4.78, 5) is 19.9. The van der Waals surface area contributed by atoms with E-state index >= 15 is 0 Å². The van der Waals surface area contributed by atoms with Crippen LogP contribution in [0.1, 0.15) is 11.1 Å². The molecular formula is C48H32N4O2. The predicted octanol–water partition coefficient (Wildman–Crippen LogP) is 12.5. The van der Waals surface area contributed by atoms with Crippen molar-refractivity contribution in [1.29, 1.82) is 0 Å². The molecule has 0 atom stereocenters. The Morgan fingerprint density at radius 1 is 0.315 bits per heavy atom. The van der Waals surface area contributed by atoms with Crippen molar-refractivity contribution in [1.82, 2.24) is 19.9 Å². The highest BCUT2D eigenvalue weighted by Crippen LogP contribution is 2.36. The van der Waals surface area contributed by atoms with E-state index < -0.39 is 0 Å². The van der Waals surface area contributed by atoms with E-state index in [-0.39, 0.29) is 0 Å². The van der Waals surface area contributed by atoms with Gasteiger partial charge in [0, 0.05) is 22.3 Å². The van der Waals surface area contributed by atoms with E-state index in [9.17, 15) is 0 Å². The average molecular weight is 697 g/mol. The third kappa shape index (κ3) is 5.61. The quantitative estimate of drug-likeness (QED) is 0.172. The highest BCUT2D eigenvalue weighted by Gasteiger charge is 2.17. The lowest BCUT2D eigenvalue weighted by molar-refractivity contribution is 0.619. The summed E-state index contributed by atoms with van der Waals surface area (Å²) in [7, 11) is 0. The van der Waals surface area contributed by atoms with E-state index in [0.717, 1.165) is 100 Å². The molecule has 0 saturated carbocycles. The maximum atomic E-state index is 5.99. The fourth-order valence-electron chi connectivity index (χ4n) is 7.04. The van der Waals surface area contributed by atoms with Crippen molar-refractivity contribution in [3.8, 4) is 67.7 Å². The van der Waals surface area contributed by atoms with Crippen molar-refractivity contribution in [2.45, 2.75) is 13.8 Å². The van der Waals surface area contributed by atoms with Gasteiger partial charge in [-0.05, 0) is 95.8 Å². The van der Waals surface area contributed by atoms with Gasteiger partial charge in [0.2, 0.25) is 11.8 Å². The third-order valence-corrected chi connectivity index (χ3v) is 10.1. The molecule has 3 aromatic heterocycles. The first-order valence-electron chi connectivity index (χ1n) is 18.0. The van der Waals surface area contributed by atoms with Gasteiger partial charge < -0.3 is 8.83 Å². The van der Waals surface area contributed by atoms with Gasteiger partial charge >= 0.3 is 0 Å². The van der Waals surface area contributed by atoms with Crippen LogP contribution in [0.5, 0.6) is 0 Å². The molecule has 10 aromatic rings. The van der Waals surface area contributed by atoms with Crippen LogP contribution in [0.2, 0.25) is 0 Å². The van der Waals surface area contributed by atoms with Gasteiger partial charge in [-0.25, -0.2) is 19.9 Å². The predicted molar refractivity (Wildman–Crippen MR) is 217 cm³/mol. The minimum atomic E-state index is 0.619. The molecule has 0 aliphatic carbocycles. The SMILES string of the molecule is Cc1ccc(C)c2nc(-c3ccc(-c4ccc(-c5nc6ccccc6o5)cc4)cc3)c(-c3ccc(-c4ccc(-c5nc6ccccc6o5)cc4)cc3)nc12. The number of rotatable bonds is 6. The topological polar surface area (TPSA) is 77.8 Å². The van der Waals surface area contributed by atoms with Crippen molar-refractivity contribution in [3.05, 3.63) is 169 Å². The van der Waals surface area contributed by atoms with Crippen LogP contribution in [-0.2, 0) is 0 Å². The lowest BCUT2D eigenvalue weighted by Crippen LogP contribution is -1.98. The van der Waals surface area contributed by atoms with E-state index in [0.29, 0.717) is 11.8 Å². The molecule has 0 amide bonds. The van der Waals surface area contributed by atoms with Crippen LogP contribution in [0.4, 0.5) is 0 Å². The van der Waals surface area contributed by atoms with Gasteiger partial charge in [-0.15, -0.1) is 0 Å². The molecule has 0 unspecified atom stereocenters. The summed E-state index contributed by atoms with van der Waals surface area (Å²) in [5.74, 6) is 1.24. The normalized spacial score (nSPS) is 11.5. The van der Waals surface area contributed by atoms with Gasteiger partial charge in [0.05, 0.1) is 22.4 Å². The zero-order valence-corrected chi connectivity index (χ0v) is 29.6. The Balaban J connectivity index is 0.965. The number of fused-ring (bicyclic) bond motifs is 3. The molecule has 0 fully saturated rings. The lowest BCUT2D eigenvalue weighted by atomic mass is 9.97. The highest BCUT2D eigenvalue weighted by atomic mass is 16.4. The zero-order valence-electron chi connectivity index (χ0n) is 29.6. The van der Waals surface area contributed by atoms with Crippen LogP contribution in [0.15, 0.2) is 167 Å². The van der Waals surface area contributed by atoms with Crippen LogP contribution >= 0.6 is 0 Å². The Labute approximate surface area is 311 Å². The number of hydrogen-bond donors (Lipinski definition) is 0. The Hall–Kier alpha value is -7.18. The van der Waals surface area contributed by atoms with Crippen molar-refractivity contribution in [2.75, 3.05) is 0 Å². The second-order valence-corrected chi connectivity index (χ2v) is 13.6. The fraction of sp³-hybridized carbons (Fsp3) is 0.0417. The van der Waals surface area contributed by atoms with Gasteiger partial charge in [0.15, 0.2) is 11.2 Å². The van der Waals surface area contributed by atoms with Crippen LogP contribution in [-0.4, -0.2) is 19.9 Å². The lowest BCUT2D eigenvalue weighted by Gasteiger charge is -2.14. The molecule has 6 heteroatoms. The third-order valence-electron chi connectivity index (χ3n) is 10.1. The molecule has 0 aliphatic heterocycles. The molecule has 0 spiro atoms. The monoisotopic (exact) mass is 696 g/mol. The van der Waals surface area contributed by atoms with Crippen molar-refractivity contribution >= 4 is 33.2 Å². The Kier molecular flexibility index (Phi) is 7.47. The van der Waals surface area contributed by atoms with Crippen LogP contribution in [0.25, 0.3) is 101 Å². The molecule has 0 saturated heterocycles. The minimum absolute atomic E-state index is 0.619. The van der Waals surface area contributed by atoms with Crippen molar-refractivity contribution < 1.29 is 8.83 Å². The molecule has 0 radical (unpaired) electrons. The van der Waals surface area contributed by atoms with Gasteiger partial charge in [0.1, 0.15) is 11.0 Å². The number of hydrogen-bond acceptors (Lipinski definition) is 6. The van der Waals surface area contributed by atoms with Crippen molar-refractivity contribution in [2.24, 2.45) is 0 Å². The summed E-state index contributed by atoms with van der Waals surface area (Å²) in [5.41, 5.74) is 17.3. The van der Waals surface area contributed by atoms with Crippen LogP contribution < -0.4 is 0 Å². The number of para-hydroxylation sites is 4. The van der Waals surface area contributed by atoms with Gasteiger partial charge in [0.25, 0.3) is 0 Å². The van der Waals surface area contributed by atoms with E-state index in [4.69, 9.17) is 18.8 Å². The number of nitrogens with zero attached hydrogens (tertiary/aromatic N) is 4. The number of aryl methyl sites for hydroxylation is 2. The van der Waals surface area contributed by atoms with E-state index in [2.05, 4.69) is 133 Å². The second-order valence-electron chi connectivity index (χ2n) is 13.6. The Morgan fingerprint density at radius 2 is 0.630 bits per heavy atom. The van der Waals surface area contributed by atoms with E-state index in [1.807, 2.05) is 48.5 Å². The fourth-order valence-corrected chi connectivity index (χ4v) is 7.04. The van der Waals surface area contributed by atoms with Gasteiger partial charge in [-0.2, -0.15) is 0 Å². The number of benzene rings is 7. The first-order chi connectivity index (χ1) is 26.5. The molecule has 0 bridgehead atoms. The second kappa shape index (κ2) is 12.8. The molecule has 54 heavy (non-hydrogen) atoms. The summed E-state index contributed by atoms with van der Waals surface area (Å²) in [6.45, 7) is 4.19. The molecule has 0 aliphatic rings. The number of aromatic nitrogens is 4. The Morgan fingerprint density at radius 3 is 0.981 bits per heavy atom. The van der Waals surface area contributed by atoms with Crippen LogP contribution in [0, 0.1) is 13.8 Å². The maximum absolute atomic E-state index is 5.99. The first kappa shape index (κ1) is 31.5. The summed E-state index contributed by atoms with van der Waals surface area (Å²) in [6.07, 6.45) is 0. The summed E-state index contributed by atoms with van der Waals surface area (Å²) >= 11 is 0. The first-order valence-corrected chi connectivity index (χ1v) is 18.0. The van der Waals surface area contributed by atoms with E-state index in [1.165, 1.54) is 0 Å². The summed E-state index contributed by atoms with van der Waals surface area (Å²) in [6, 6.07) is 53.7. The van der Waals surface area contributed by atoms with Crippen LogP contribution in [0.3, 0.4) is 0 Å². The van der Waals surface area contributed by atoms with Gasteiger partial charge in [-0.1, -0.05) is 109 Å². The Bertz CT molecular complexity index is 2710. The molecule has 7 aromatic carbocycles. The molecule has 6 nitrogen and oxygen atoms in total. The van der Waals surface area contributed by atoms with Crippen molar-refractivity contribution in [3.63, 3.8) is 0 Å². The zero-order chi connectivity index (χ0) is 36.2. The molecule has 256 valence electrons. The molecule has 10 rings (SSSR count). The molecular weight excluding hydrogens is 665 g/mol. The largest absolute Gasteiger partial charge is 0.436 e. The average Bonchev–Trinajstić information content (AvgIpc) is 3.88. The summed E-state index contributed by atoms with van der Waals surface area (Å²) in [5, 5.41) is 0. The van der Waals surface area contributed by atoms with Gasteiger partial charge in [-0.3, -0.25) is 0 Å². The maximum Gasteiger partial charge on any atom is 0.227 e. The van der Waals surface area contributed by atoms with E-state index in [1.54, 1.807) is 0 Å². The molecule has 0 N–H and O–H groups in total. The minimum Gasteiger partial charge on any atom is -0.436 e. The highest BCUT2D eigenvalue weighted by molar-refractivity contribution is 5.90. The smallest absolute Gasteiger partial charge is 0.227 e. The molecule has 3 heterocycles. The standard InChI is InChI=1S/C48H32N4O2/c1-29-11-12-30(2)44-43(29)51-45(35-21-13-31(14-22-35)33-17-25-37(26-18-33)47-49-39-7-3-5-9-41(39)53-47)46(52-44)36-23-15-32(16-24-36)34-19-27-38(28-20-34)48-50-40-8-4-6-10-42(40)54-48/h3-28H,1-2H3. The number of oxazole rings is 2.